The van der Waals surface area contributed by atoms with Crippen molar-refractivity contribution in [2.24, 2.45) is 0 Å². The Morgan fingerprint density at radius 2 is 1.15 bits per heavy atom. The van der Waals surface area contributed by atoms with Crippen molar-refractivity contribution in [2.45, 2.75) is 55.2 Å². The van der Waals surface area contributed by atoms with Gasteiger partial charge in [0.05, 0.1) is 0 Å². The summed E-state index contributed by atoms with van der Waals surface area (Å²) in [6.07, 6.45) is 0. The van der Waals surface area contributed by atoms with E-state index in [9.17, 15) is 0 Å². The van der Waals surface area contributed by atoms with E-state index >= 15 is 0 Å². The largest absolute Gasteiger partial charge is 0.267 e. The summed E-state index contributed by atoms with van der Waals surface area (Å²) in [5, 5.41) is 1.47. The molecule has 0 N–H and O–H groups in total. The van der Waals surface area contributed by atoms with Gasteiger partial charge in [0.25, 0.3) is 14.1 Å². The second-order valence-corrected chi connectivity index (χ2v) is 8.37. The lowest BCUT2D eigenvalue weighted by atomic mass is 10.5. The molecule has 0 aliphatic carbocycles. The van der Waals surface area contributed by atoms with Crippen LogP contribution in [0, 0.1) is 0 Å². The van der Waals surface area contributed by atoms with Crippen molar-refractivity contribution in [1.29, 1.82) is 0 Å². The van der Waals surface area contributed by atoms with Gasteiger partial charge in [0.1, 0.15) is 0 Å². The molecule has 0 aromatic carbocycles. The fraction of sp³-hybridized carbons (Fsp3) is 1.00. The Bertz CT molecular complexity index is 70.0. The molecule has 0 aromatic heterocycles. The van der Waals surface area contributed by atoms with Crippen molar-refractivity contribution >= 4 is 55.3 Å². The SMILES string of the molecule is C[CH2][Al]([CH](C)C)[CH](C)C.Cl.Cl.[CH3][AlH2]. The maximum Gasteiger partial charge on any atom is 0.267 e. The van der Waals surface area contributed by atoms with Crippen LogP contribution in [0.1, 0.15) is 34.6 Å². The molecule has 0 saturated carbocycles. The predicted octanol–water partition coefficient (Wildman–Crippen LogP) is 3.83. The Labute approximate surface area is 110 Å². The monoisotopic (exact) mass is 258 g/mol. The molecule has 0 heterocycles. The zero-order valence-electron chi connectivity index (χ0n) is 10.3. The molecule has 4 heteroatoms. The summed E-state index contributed by atoms with van der Waals surface area (Å²) < 4.78 is 1.99. The summed E-state index contributed by atoms with van der Waals surface area (Å²) in [4.78, 5) is 0. The summed E-state index contributed by atoms with van der Waals surface area (Å²) in [7, 11) is 0. The van der Waals surface area contributed by atoms with Gasteiger partial charge in [-0.3, -0.25) is 0 Å². The number of halogens is 2. The maximum atomic E-state index is 2.38. The normalized spacial score (nSPS) is 8.00. The Balaban J connectivity index is -0.0000000941. The predicted molar refractivity (Wildman–Crippen MR) is 75.3 cm³/mol. The lowest BCUT2D eigenvalue weighted by Gasteiger charge is -2.16. The maximum absolute atomic E-state index is 2.38. The second-order valence-electron chi connectivity index (χ2n) is 3.56. The van der Waals surface area contributed by atoms with Gasteiger partial charge in [-0.1, -0.05) is 49.5 Å². The standard InChI is InChI=1S/2C3H7.C2H5.CH3.2Al.2ClH.2H/c2*1-3-2;1-2;;;;;;;/h2*3H,1-2H3;1H2,2H3;1H3;;;2*1H;;. The van der Waals surface area contributed by atoms with E-state index in [2.05, 4.69) is 40.4 Å². The first kappa shape index (κ1) is 24.1. The molecule has 13 heavy (non-hydrogen) atoms. The molecule has 0 aromatic rings. The number of hydrogen-bond acceptors (Lipinski definition) is 0. The highest BCUT2D eigenvalue weighted by atomic mass is 35.5. The van der Waals surface area contributed by atoms with Gasteiger partial charge >= 0.3 is 0 Å². The first-order valence-electron chi connectivity index (χ1n) is 5.09. The van der Waals surface area contributed by atoms with Gasteiger partial charge < -0.3 is 0 Å². The molecule has 0 spiro atoms. The van der Waals surface area contributed by atoms with Crippen LogP contribution in [0.2, 0.25) is 20.6 Å². The molecular formula is C9H26Al2Cl2. The van der Waals surface area contributed by atoms with E-state index in [0.29, 0.717) is 0 Å². The minimum atomic E-state index is -0.360. The quantitative estimate of drug-likeness (QED) is 0.676. The molecule has 0 atom stereocenters. The summed E-state index contributed by atoms with van der Waals surface area (Å²) in [6, 6.07) is 0. The van der Waals surface area contributed by atoms with E-state index in [1.807, 2.05) is 0 Å². The Hall–Kier alpha value is 1.64. The van der Waals surface area contributed by atoms with E-state index < -0.39 is 0 Å². The first-order chi connectivity index (χ1) is 5.09. The summed E-state index contributed by atoms with van der Waals surface area (Å²) in [6.45, 7) is 11.8. The van der Waals surface area contributed by atoms with Gasteiger partial charge in [0, 0.05) is 0 Å². The zero-order chi connectivity index (χ0) is 9.44. The highest BCUT2D eigenvalue weighted by Gasteiger charge is 2.21. The number of hydrogen-bond donors (Lipinski definition) is 0. The first-order valence-corrected chi connectivity index (χ1v) is 9.24. The third-order valence-electron chi connectivity index (χ3n) is 2.18. The van der Waals surface area contributed by atoms with Crippen LogP contribution >= 0.6 is 24.8 Å². The van der Waals surface area contributed by atoms with Crippen LogP contribution in [0.15, 0.2) is 0 Å². The molecule has 0 amide bonds. The van der Waals surface area contributed by atoms with E-state index in [1.54, 1.807) is 0 Å². The third-order valence-corrected chi connectivity index (χ3v) is 6.55. The highest BCUT2D eigenvalue weighted by Crippen LogP contribution is 2.22. The Morgan fingerprint density at radius 1 is 0.923 bits per heavy atom. The van der Waals surface area contributed by atoms with Crippen LogP contribution in [0.3, 0.4) is 0 Å². The van der Waals surface area contributed by atoms with Crippen molar-refractivity contribution in [3.05, 3.63) is 0 Å². The fourth-order valence-electron chi connectivity index (χ4n) is 1.71. The molecule has 0 fully saturated rings. The second kappa shape index (κ2) is 16.1. The van der Waals surface area contributed by atoms with Gasteiger partial charge in [-0.15, -0.1) is 30.6 Å². The minimum Gasteiger partial charge on any atom is -0.147 e. The molecule has 0 aliphatic heterocycles. The average Bonchev–Trinajstić information content (AvgIpc) is 1.91. The highest BCUT2D eigenvalue weighted by molar-refractivity contribution is 6.61. The molecular weight excluding hydrogens is 233 g/mol. The smallest absolute Gasteiger partial charge is 0.147 e. The van der Waals surface area contributed by atoms with Crippen molar-refractivity contribution in [3.63, 3.8) is 0 Å². The molecule has 0 aliphatic rings. The summed E-state index contributed by atoms with van der Waals surface area (Å²) in [5.41, 5.74) is 0. The summed E-state index contributed by atoms with van der Waals surface area (Å²) >= 11 is 0.946. The van der Waals surface area contributed by atoms with Crippen molar-refractivity contribution in [3.8, 4) is 0 Å². The van der Waals surface area contributed by atoms with Gasteiger partial charge in [0.2, 0.25) is 16.3 Å². The molecule has 0 radical (unpaired) electrons. The van der Waals surface area contributed by atoms with Gasteiger partial charge in [-0.25, -0.2) is 0 Å². The average molecular weight is 259 g/mol. The fourth-order valence-corrected chi connectivity index (χ4v) is 5.14. The molecule has 0 nitrogen and oxygen atoms in total. The van der Waals surface area contributed by atoms with Crippen LogP contribution < -0.4 is 0 Å². The van der Waals surface area contributed by atoms with Crippen molar-refractivity contribution in [1.82, 2.24) is 0 Å². The van der Waals surface area contributed by atoms with E-state index in [4.69, 9.17) is 0 Å². The molecule has 0 unspecified atom stereocenters. The minimum absolute atomic E-state index is 0. The molecule has 82 valence electrons. The van der Waals surface area contributed by atoms with E-state index in [-0.39, 0.29) is 39.0 Å². The Morgan fingerprint density at radius 3 is 1.15 bits per heavy atom. The van der Waals surface area contributed by atoms with Gasteiger partial charge in [-0.05, 0) is 0 Å². The number of rotatable bonds is 3. The van der Waals surface area contributed by atoms with E-state index in [0.717, 1.165) is 9.56 Å². The third kappa shape index (κ3) is 13.6. The van der Waals surface area contributed by atoms with Crippen LogP contribution in [0.25, 0.3) is 0 Å². The van der Waals surface area contributed by atoms with Crippen LogP contribution in [-0.4, -0.2) is 30.4 Å². The van der Waals surface area contributed by atoms with Crippen LogP contribution in [-0.2, 0) is 0 Å². The van der Waals surface area contributed by atoms with Crippen LogP contribution in [0.4, 0.5) is 0 Å². The van der Waals surface area contributed by atoms with Gasteiger partial charge in [-0.2, -0.15) is 0 Å². The van der Waals surface area contributed by atoms with E-state index in [1.165, 1.54) is 21.6 Å². The van der Waals surface area contributed by atoms with Crippen LogP contribution in [0.5, 0.6) is 0 Å². The van der Waals surface area contributed by atoms with Crippen molar-refractivity contribution in [2.75, 3.05) is 0 Å². The zero-order valence-corrected chi connectivity index (χ0v) is 15.0. The lowest BCUT2D eigenvalue weighted by molar-refractivity contribution is 0.923. The summed E-state index contributed by atoms with van der Waals surface area (Å²) in [5.74, 6) is 2.14. The van der Waals surface area contributed by atoms with Gasteiger partial charge in [0.15, 0.2) is 0 Å². The van der Waals surface area contributed by atoms with Crippen molar-refractivity contribution < 1.29 is 0 Å². The Kier molecular flexibility index (Phi) is 29.8. The molecule has 0 rings (SSSR count). The molecule has 0 bridgehead atoms. The lowest BCUT2D eigenvalue weighted by Crippen LogP contribution is -2.18. The molecule has 0 saturated heterocycles. The topological polar surface area (TPSA) is 0 Å².